The van der Waals surface area contributed by atoms with Gasteiger partial charge in [0.2, 0.25) is 11.8 Å². The molecule has 0 aromatic carbocycles. The molecule has 0 unspecified atom stereocenters. The second-order valence-electron chi connectivity index (χ2n) is 6.01. The van der Waals surface area contributed by atoms with Crippen molar-refractivity contribution < 1.29 is 19.5 Å². The molecule has 1 saturated carbocycles. The zero-order valence-electron chi connectivity index (χ0n) is 12.1. The van der Waals surface area contributed by atoms with Crippen LogP contribution in [0, 0.1) is 11.3 Å². The number of nitrogens with zero attached hydrogens (tertiary/aromatic N) is 2. The maximum atomic E-state index is 12.3. The number of hydrogen-bond donors (Lipinski definition) is 1. The SMILES string of the molecule is CC(C)C(=O)N1CCCN(C(=O)C2(C(=O)O)CC2)CC1. The molecule has 1 aliphatic carbocycles. The predicted molar refractivity (Wildman–Crippen MR) is 71.9 cm³/mol. The fourth-order valence-corrected chi connectivity index (χ4v) is 2.65. The summed E-state index contributed by atoms with van der Waals surface area (Å²) in [5.41, 5.74) is -1.17. The zero-order valence-corrected chi connectivity index (χ0v) is 12.1. The van der Waals surface area contributed by atoms with E-state index in [-0.39, 0.29) is 17.7 Å². The minimum Gasteiger partial charge on any atom is -0.480 e. The standard InChI is InChI=1S/C14H22N2O4/c1-10(2)11(17)15-6-3-7-16(9-8-15)12(18)14(4-5-14)13(19)20/h10H,3-9H2,1-2H3,(H,19,20). The van der Waals surface area contributed by atoms with Crippen LogP contribution in [0.15, 0.2) is 0 Å². The van der Waals surface area contributed by atoms with Gasteiger partial charge in [-0.15, -0.1) is 0 Å². The fraction of sp³-hybridized carbons (Fsp3) is 0.786. The molecule has 2 rings (SSSR count). The van der Waals surface area contributed by atoms with Crippen LogP contribution in [-0.4, -0.2) is 58.9 Å². The average molecular weight is 282 g/mol. The lowest BCUT2D eigenvalue weighted by atomic mass is 10.1. The second-order valence-corrected chi connectivity index (χ2v) is 6.01. The normalized spacial score (nSPS) is 21.6. The van der Waals surface area contributed by atoms with Crippen LogP contribution in [-0.2, 0) is 14.4 Å². The van der Waals surface area contributed by atoms with E-state index in [0.29, 0.717) is 45.4 Å². The third-order valence-electron chi connectivity index (χ3n) is 4.16. The summed E-state index contributed by atoms with van der Waals surface area (Å²) in [5.74, 6) is -1.24. The van der Waals surface area contributed by atoms with Crippen molar-refractivity contribution in [2.24, 2.45) is 11.3 Å². The molecule has 1 saturated heterocycles. The maximum Gasteiger partial charge on any atom is 0.319 e. The first kappa shape index (κ1) is 14.8. The van der Waals surface area contributed by atoms with Crippen molar-refractivity contribution >= 4 is 17.8 Å². The monoisotopic (exact) mass is 282 g/mol. The van der Waals surface area contributed by atoms with Gasteiger partial charge in [0, 0.05) is 32.1 Å². The van der Waals surface area contributed by atoms with Crippen molar-refractivity contribution in [1.82, 2.24) is 9.80 Å². The molecule has 2 aliphatic rings. The van der Waals surface area contributed by atoms with Crippen molar-refractivity contribution in [1.29, 1.82) is 0 Å². The molecule has 0 aromatic heterocycles. The Bertz CT molecular complexity index is 429. The Labute approximate surface area is 118 Å². The van der Waals surface area contributed by atoms with Gasteiger partial charge in [-0.3, -0.25) is 14.4 Å². The Morgan fingerprint density at radius 3 is 2.05 bits per heavy atom. The Kier molecular flexibility index (Phi) is 4.01. The highest BCUT2D eigenvalue weighted by Crippen LogP contribution is 2.47. The fourth-order valence-electron chi connectivity index (χ4n) is 2.65. The van der Waals surface area contributed by atoms with Gasteiger partial charge in [0.05, 0.1) is 0 Å². The number of hydrogen-bond acceptors (Lipinski definition) is 3. The molecule has 1 N–H and O–H groups in total. The van der Waals surface area contributed by atoms with E-state index in [1.807, 2.05) is 13.8 Å². The summed E-state index contributed by atoms with van der Waals surface area (Å²) in [5, 5.41) is 9.18. The van der Waals surface area contributed by atoms with Crippen molar-refractivity contribution in [3.05, 3.63) is 0 Å². The third kappa shape index (κ3) is 2.64. The molecule has 1 heterocycles. The van der Waals surface area contributed by atoms with Gasteiger partial charge in [0.25, 0.3) is 0 Å². The smallest absolute Gasteiger partial charge is 0.319 e. The van der Waals surface area contributed by atoms with Crippen molar-refractivity contribution in [2.45, 2.75) is 33.1 Å². The molecule has 112 valence electrons. The van der Waals surface area contributed by atoms with Crippen LogP contribution >= 0.6 is 0 Å². The number of carbonyl (C=O) groups excluding carboxylic acids is 2. The largest absolute Gasteiger partial charge is 0.480 e. The topological polar surface area (TPSA) is 77.9 Å². The number of rotatable bonds is 3. The first-order chi connectivity index (χ1) is 9.38. The molecular formula is C14H22N2O4. The van der Waals surface area contributed by atoms with Crippen molar-refractivity contribution in [3.8, 4) is 0 Å². The van der Waals surface area contributed by atoms with Gasteiger partial charge in [0.1, 0.15) is 5.41 Å². The molecule has 1 aliphatic heterocycles. The number of carboxylic acids is 1. The number of amides is 2. The van der Waals surface area contributed by atoms with Gasteiger partial charge in [0.15, 0.2) is 0 Å². The number of carbonyl (C=O) groups is 3. The van der Waals surface area contributed by atoms with Crippen LogP contribution < -0.4 is 0 Å². The lowest BCUT2D eigenvalue weighted by Gasteiger charge is -2.25. The summed E-state index contributed by atoms with van der Waals surface area (Å²) >= 11 is 0. The highest BCUT2D eigenvalue weighted by atomic mass is 16.4. The van der Waals surface area contributed by atoms with E-state index in [4.69, 9.17) is 0 Å². The van der Waals surface area contributed by atoms with Crippen LogP contribution in [0.25, 0.3) is 0 Å². The predicted octanol–water partition coefficient (Wildman–Crippen LogP) is 0.568. The minimum absolute atomic E-state index is 0.0500. The van der Waals surface area contributed by atoms with Crippen LogP contribution in [0.4, 0.5) is 0 Å². The van der Waals surface area contributed by atoms with Crippen LogP contribution in [0.3, 0.4) is 0 Å². The summed E-state index contributed by atoms with van der Waals surface area (Å²) in [6.07, 6.45) is 1.58. The van der Waals surface area contributed by atoms with E-state index >= 15 is 0 Å². The summed E-state index contributed by atoms with van der Waals surface area (Å²) in [4.78, 5) is 38.9. The summed E-state index contributed by atoms with van der Waals surface area (Å²) in [6, 6.07) is 0. The van der Waals surface area contributed by atoms with E-state index in [0.717, 1.165) is 0 Å². The summed E-state index contributed by atoms with van der Waals surface area (Å²) in [6.45, 7) is 5.83. The molecule has 0 aromatic rings. The average Bonchev–Trinajstić information content (AvgIpc) is 3.21. The van der Waals surface area contributed by atoms with Crippen molar-refractivity contribution in [3.63, 3.8) is 0 Å². The van der Waals surface area contributed by atoms with Gasteiger partial charge < -0.3 is 14.9 Å². The lowest BCUT2D eigenvalue weighted by molar-refractivity contribution is -0.153. The van der Waals surface area contributed by atoms with E-state index < -0.39 is 11.4 Å². The quantitative estimate of drug-likeness (QED) is 0.768. The van der Waals surface area contributed by atoms with E-state index in [1.165, 1.54) is 0 Å². The van der Waals surface area contributed by atoms with E-state index in [9.17, 15) is 19.5 Å². The van der Waals surface area contributed by atoms with Crippen LogP contribution in [0.5, 0.6) is 0 Å². The molecule has 0 bridgehead atoms. The van der Waals surface area contributed by atoms with E-state index in [2.05, 4.69) is 0 Å². The van der Waals surface area contributed by atoms with Gasteiger partial charge in [-0.25, -0.2) is 0 Å². The summed E-state index contributed by atoms with van der Waals surface area (Å²) < 4.78 is 0. The molecule has 0 spiro atoms. The molecule has 20 heavy (non-hydrogen) atoms. The van der Waals surface area contributed by atoms with Gasteiger partial charge >= 0.3 is 5.97 Å². The minimum atomic E-state index is -1.17. The Balaban J connectivity index is 1.98. The molecule has 6 heteroatoms. The number of aliphatic carboxylic acids is 1. The second kappa shape index (κ2) is 5.42. The molecular weight excluding hydrogens is 260 g/mol. The first-order valence-corrected chi connectivity index (χ1v) is 7.20. The maximum absolute atomic E-state index is 12.3. The first-order valence-electron chi connectivity index (χ1n) is 7.20. The Hall–Kier alpha value is -1.59. The molecule has 2 fully saturated rings. The zero-order chi connectivity index (χ0) is 14.9. The Morgan fingerprint density at radius 2 is 1.55 bits per heavy atom. The Morgan fingerprint density at radius 1 is 1.00 bits per heavy atom. The molecule has 2 amide bonds. The van der Waals surface area contributed by atoms with Gasteiger partial charge in [-0.2, -0.15) is 0 Å². The van der Waals surface area contributed by atoms with Gasteiger partial charge in [-0.05, 0) is 19.3 Å². The molecule has 6 nitrogen and oxygen atoms in total. The van der Waals surface area contributed by atoms with Crippen molar-refractivity contribution in [2.75, 3.05) is 26.2 Å². The highest BCUT2D eigenvalue weighted by molar-refractivity contribution is 6.04. The third-order valence-corrected chi connectivity index (χ3v) is 4.16. The lowest BCUT2D eigenvalue weighted by Crippen LogP contribution is -2.43. The van der Waals surface area contributed by atoms with Crippen LogP contribution in [0.1, 0.15) is 33.1 Å². The highest BCUT2D eigenvalue weighted by Gasteiger charge is 2.58. The van der Waals surface area contributed by atoms with E-state index in [1.54, 1.807) is 9.80 Å². The van der Waals surface area contributed by atoms with Gasteiger partial charge in [-0.1, -0.05) is 13.8 Å². The molecule has 0 radical (unpaired) electrons. The number of carboxylic acid groups (broad SMARTS) is 1. The van der Waals surface area contributed by atoms with Crippen LogP contribution in [0.2, 0.25) is 0 Å². The summed E-state index contributed by atoms with van der Waals surface area (Å²) in [7, 11) is 0. The molecule has 0 atom stereocenters.